The van der Waals surface area contributed by atoms with Gasteiger partial charge in [-0.15, -0.1) is 0 Å². The van der Waals surface area contributed by atoms with E-state index in [0.29, 0.717) is 34.4 Å². The Morgan fingerprint density at radius 1 is 1.16 bits per heavy atom. The summed E-state index contributed by atoms with van der Waals surface area (Å²) in [6.45, 7) is 6.73. The Balaban J connectivity index is 1.20. The topological polar surface area (TPSA) is 34.0 Å². The first kappa shape index (κ1) is 21.0. The lowest BCUT2D eigenvalue weighted by Crippen LogP contribution is -2.41. The lowest BCUT2D eigenvalue weighted by Gasteiger charge is -2.38. The summed E-state index contributed by atoms with van der Waals surface area (Å²) >= 11 is 2.09. The van der Waals surface area contributed by atoms with Gasteiger partial charge in [0.15, 0.2) is 0 Å². The van der Waals surface area contributed by atoms with Crippen molar-refractivity contribution in [3.63, 3.8) is 0 Å². The van der Waals surface area contributed by atoms with Crippen LogP contribution in [0.1, 0.15) is 56.5 Å². The minimum absolute atomic E-state index is 0.175. The van der Waals surface area contributed by atoms with Crippen LogP contribution in [0.15, 0.2) is 24.4 Å². The predicted molar refractivity (Wildman–Crippen MR) is 120 cm³/mol. The smallest absolute Gasteiger partial charge is 0.300 e. The van der Waals surface area contributed by atoms with Crippen molar-refractivity contribution in [3.8, 4) is 11.3 Å². The molecular formula is C24H29F3N4S. The third-order valence-corrected chi connectivity index (χ3v) is 9.80. The molecule has 0 bridgehead atoms. The zero-order valence-corrected chi connectivity index (χ0v) is 19.3. The Bertz CT molecular complexity index is 1020. The van der Waals surface area contributed by atoms with Crippen molar-refractivity contribution in [3.05, 3.63) is 35.8 Å². The minimum atomic E-state index is -4.45. The molecule has 2 aliphatic heterocycles. The van der Waals surface area contributed by atoms with E-state index in [1.54, 1.807) is 6.07 Å². The number of pyridine rings is 1. The van der Waals surface area contributed by atoms with Gasteiger partial charge >= 0.3 is 6.18 Å². The summed E-state index contributed by atoms with van der Waals surface area (Å²) in [5, 5.41) is 4.73. The maximum atomic E-state index is 13.1. The summed E-state index contributed by atoms with van der Waals surface area (Å²) in [5.41, 5.74) is 2.04. The van der Waals surface area contributed by atoms with Gasteiger partial charge in [-0.05, 0) is 69.7 Å². The standard InChI is InChI=1S/C24H29F3N4S/c1-14(2)31-20(10-19(29-31)15-3-5-28-21(7-15)24(25,26)27)22-17-8-16(9-18(17)22)30-6-4-23(11-30)12-32-13-23/h3,5,7,10,14,16-18,22H,4,6,8-9,11-13H2,1-2H3. The minimum Gasteiger partial charge on any atom is -0.300 e. The third kappa shape index (κ3) is 3.40. The number of rotatable bonds is 4. The Labute approximate surface area is 191 Å². The van der Waals surface area contributed by atoms with E-state index in [4.69, 9.17) is 5.10 Å². The number of fused-ring (bicyclic) bond motifs is 1. The first-order chi connectivity index (χ1) is 15.2. The number of thioether (sulfide) groups is 1. The summed E-state index contributed by atoms with van der Waals surface area (Å²) in [6.07, 6.45) is 0.653. The van der Waals surface area contributed by atoms with Crippen LogP contribution < -0.4 is 0 Å². The van der Waals surface area contributed by atoms with Crippen LogP contribution in [0.25, 0.3) is 11.3 Å². The summed E-state index contributed by atoms with van der Waals surface area (Å²) in [5.74, 6) is 4.56. The quantitative estimate of drug-likeness (QED) is 0.603. The number of nitrogens with zero attached hydrogens (tertiary/aromatic N) is 4. The van der Waals surface area contributed by atoms with E-state index in [1.165, 1.54) is 55.7 Å². The molecule has 2 saturated heterocycles. The van der Waals surface area contributed by atoms with Crippen molar-refractivity contribution in [1.29, 1.82) is 0 Å². The summed E-state index contributed by atoms with van der Waals surface area (Å²) in [4.78, 5) is 6.25. The van der Waals surface area contributed by atoms with Gasteiger partial charge in [0.2, 0.25) is 0 Å². The molecule has 0 radical (unpaired) electrons. The molecule has 0 aromatic carbocycles. The number of hydrogen-bond donors (Lipinski definition) is 0. The molecule has 2 aliphatic carbocycles. The fraction of sp³-hybridized carbons (Fsp3) is 0.667. The molecule has 1 spiro atoms. The maximum absolute atomic E-state index is 13.1. The second-order valence-corrected chi connectivity index (χ2v) is 11.6. The normalized spacial score (nSPS) is 31.3. The predicted octanol–water partition coefficient (Wildman–Crippen LogP) is 5.48. The van der Waals surface area contributed by atoms with Crippen LogP contribution in [0.3, 0.4) is 0 Å². The molecule has 6 rings (SSSR count). The van der Waals surface area contributed by atoms with Crippen LogP contribution in [0, 0.1) is 17.3 Å². The van der Waals surface area contributed by atoms with E-state index in [1.807, 2.05) is 10.7 Å². The molecule has 2 atom stereocenters. The van der Waals surface area contributed by atoms with E-state index >= 15 is 0 Å². The molecule has 0 amide bonds. The van der Waals surface area contributed by atoms with Crippen LogP contribution in [-0.2, 0) is 6.18 Å². The van der Waals surface area contributed by atoms with Crippen molar-refractivity contribution >= 4 is 11.8 Å². The molecule has 4 nitrogen and oxygen atoms in total. The second-order valence-electron chi connectivity index (χ2n) is 10.6. The monoisotopic (exact) mass is 462 g/mol. The lowest BCUT2D eigenvalue weighted by atomic mass is 9.91. The first-order valence-electron chi connectivity index (χ1n) is 11.7. The van der Waals surface area contributed by atoms with Gasteiger partial charge in [0, 0.05) is 58.9 Å². The zero-order chi connectivity index (χ0) is 22.3. The van der Waals surface area contributed by atoms with Gasteiger partial charge in [-0.25, -0.2) is 0 Å². The Morgan fingerprint density at radius 2 is 1.91 bits per heavy atom. The van der Waals surface area contributed by atoms with E-state index in [2.05, 4.69) is 35.5 Å². The molecule has 0 N–H and O–H groups in total. The van der Waals surface area contributed by atoms with Gasteiger partial charge in [0.1, 0.15) is 5.69 Å². The molecule has 32 heavy (non-hydrogen) atoms. The van der Waals surface area contributed by atoms with Gasteiger partial charge in [-0.1, -0.05) is 0 Å². The molecule has 4 aliphatic rings. The van der Waals surface area contributed by atoms with Crippen LogP contribution in [0.5, 0.6) is 0 Å². The Hall–Kier alpha value is -1.54. The van der Waals surface area contributed by atoms with Crippen molar-refractivity contribution < 1.29 is 13.2 Å². The average Bonchev–Trinajstić information content (AvgIpc) is 3.20. The van der Waals surface area contributed by atoms with Gasteiger partial charge in [-0.2, -0.15) is 30.0 Å². The molecule has 2 unspecified atom stereocenters. The average molecular weight is 463 g/mol. The largest absolute Gasteiger partial charge is 0.433 e. The zero-order valence-electron chi connectivity index (χ0n) is 18.5. The highest BCUT2D eigenvalue weighted by Crippen LogP contribution is 2.65. The van der Waals surface area contributed by atoms with Gasteiger partial charge < -0.3 is 0 Å². The van der Waals surface area contributed by atoms with Crippen molar-refractivity contribution in [1.82, 2.24) is 19.7 Å². The van der Waals surface area contributed by atoms with Crippen molar-refractivity contribution in [2.75, 3.05) is 24.6 Å². The van der Waals surface area contributed by atoms with Crippen LogP contribution in [0.2, 0.25) is 0 Å². The van der Waals surface area contributed by atoms with Crippen molar-refractivity contribution in [2.24, 2.45) is 17.3 Å². The fourth-order valence-corrected chi connectivity index (χ4v) is 7.67. The highest BCUT2D eigenvalue weighted by molar-refractivity contribution is 8.00. The molecule has 172 valence electrons. The summed E-state index contributed by atoms with van der Waals surface area (Å²) in [7, 11) is 0. The highest BCUT2D eigenvalue weighted by Gasteiger charge is 2.59. The van der Waals surface area contributed by atoms with Crippen molar-refractivity contribution in [2.45, 2.75) is 57.3 Å². The van der Waals surface area contributed by atoms with E-state index < -0.39 is 11.9 Å². The van der Waals surface area contributed by atoms with Crippen LogP contribution in [-0.4, -0.2) is 50.3 Å². The number of alkyl halides is 3. The fourth-order valence-electron chi connectivity index (χ4n) is 6.41. The van der Waals surface area contributed by atoms with Gasteiger partial charge in [0.25, 0.3) is 0 Å². The van der Waals surface area contributed by atoms with Crippen LogP contribution >= 0.6 is 11.8 Å². The SMILES string of the molecule is CC(C)n1nc(-c2ccnc(C(F)(F)F)c2)cc1C1C2CC(N3CCC4(CSC4)C3)CC21. The highest BCUT2D eigenvalue weighted by atomic mass is 32.2. The molecular weight excluding hydrogens is 433 g/mol. The number of likely N-dealkylation sites (tertiary alicyclic amines) is 1. The number of hydrogen-bond acceptors (Lipinski definition) is 4. The maximum Gasteiger partial charge on any atom is 0.433 e. The third-order valence-electron chi connectivity index (χ3n) is 8.16. The number of halogens is 3. The summed E-state index contributed by atoms with van der Waals surface area (Å²) < 4.78 is 41.4. The van der Waals surface area contributed by atoms with E-state index in [0.717, 1.165) is 12.1 Å². The number of aromatic nitrogens is 3. The van der Waals surface area contributed by atoms with Gasteiger partial charge in [-0.3, -0.25) is 14.6 Å². The second kappa shape index (κ2) is 7.23. The molecule has 2 saturated carbocycles. The molecule has 2 aromatic heterocycles. The van der Waals surface area contributed by atoms with Crippen LogP contribution in [0.4, 0.5) is 13.2 Å². The Kier molecular flexibility index (Phi) is 4.75. The molecule has 4 heterocycles. The molecule has 8 heteroatoms. The van der Waals surface area contributed by atoms with E-state index in [9.17, 15) is 13.2 Å². The van der Waals surface area contributed by atoms with Gasteiger partial charge in [0.05, 0.1) is 5.69 Å². The summed E-state index contributed by atoms with van der Waals surface area (Å²) in [6, 6.07) is 5.66. The lowest BCUT2D eigenvalue weighted by molar-refractivity contribution is -0.141. The molecule has 2 aromatic rings. The first-order valence-corrected chi connectivity index (χ1v) is 12.8. The molecule has 4 fully saturated rings. The Morgan fingerprint density at radius 3 is 2.50 bits per heavy atom. The van der Waals surface area contributed by atoms with E-state index in [-0.39, 0.29) is 6.04 Å².